The highest BCUT2D eigenvalue weighted by atomic mass is 16.5. The van der Waals surface area contributed by atoms with Gasteiger partial charge in [0.1, 0.15) is 5.52 Å². The molecule has 1 aromatic carbocycles. The van der Waals surface area contributed by atoms with E-state index in [0.717, 1.165) is 23.1 Å². The van der Waals surface area contributed by atoms with Gasteiger partial charge in [-0.05, 0) is 31.9 Å². The molecule has 2 unspecified atom stereocenters. The van der Waals surface area contributed by atoms with Crippen molar-refractivity contribution in [2.75, 3.05) is 11.9 Å². The second-order valence-electron chi connectivity index (χ2n) is 6.62. The third-order valence-electron chi connectivity index (χ3n) is 4.64. The maximum Gasteiger partial charge on any atom is 0.240 e. The largest absolute Gasteiger partial charge is 0.476 e. The van der Waals surface area contributed by atoms with E-state index in [1.807, 2.05) is 31.2 Å². The zero-order valence-electron chi connectivity index (χ0n) is 16.1. The highest BCUT2D eigenvalue weighted by molar-refractivity contribution is 5.95. The van der Waals surface area contributed by atoms with Gasteiger partial charge in [-0.1, -0.05) is 43.7 Å². The van der Waals surface area contributed by atoms with Crippen LogP contribution in [0.3, 0.4) is 0 Å². The Morgan fingerprint density at radius 2 is 1.89 bits per heavy atom. The zero-order chi connectivity index (χ0) is 19.2. The normalized spacial score (nSPS) is 13.3. The van der Waals surface area contributed by atoms with Crippen LogP contribution in [0, 0.1) is 0 Å². The Kier molecular flexibility index (Phi) is 6.24. The van der Waals surface area contributed by atoms with E-state index in [0.29, 0.717) is 24.4 Å². The zero-order valence-corrected chi connectivity index (χ0v) is 16.1. The summed E-state index contributed by atoms with van der Waals surface area (Å²) in [6.45, 7) is 6.63. The van der Waals surface area contributed by atoms with Crippen LogP contribution in [0.15, 0.2) is 48.8 Å². The third kappa shape index (κ3) is 4.19. The molecule has 2 N–H and O–H groups in total. The molecule has 5 nitrogen and oxygen atoms in total. The summed E-state index contributed by atoms with van der Waals surface area (Å²) in [4.78, 5) is 8.87. The summed E-state index contributed by atoms with van der Waals surface area (Å²) >= 11 is 0. The number of pyridine rings is 2. The molecule has 3 aromatic rings. The van der Waals surface area contributed by atoms with E-state index < -0.39 is 6.10 Å². The molecule has 27 heavy (non-hydrogen) atoms. The van der Waals surface area contributed by atoms with Crippen molar-refractivity contribution in [3.05, 3.63) is 59.9 Å². The molecule has 2 aromatic heterocycles. The maximum absolute atomic E-state index is 10.7. The van der Waals surface area contributed by atoms with E-state index in [1.165, 1.54) is 5.56 Å². The van der Waals surface area contributed by atoms with Crippen LogP contribution >= 0.6 is 0 Å². The minimum atomic E-state index is -0.568. The van der Waals surface area contributed by atoms with Crippen LogP contribution in [0.4, 0.5) is 5.69 Å². The molecule has 0 bridgehead atoms. The fourth-order valence-electron chi connectivity index (χ4n) is 3.24. The van der Waals surface area contributed by atoms with Gasteiger partial charge in [0.05, 0.1) is 18.4 Å². The minimum absolute atomic E-state index is 0.0769. The average Bonchev–Trinajstić information content (AvgIpc) is 2.69. The highest BCUT2D eigenvalue weighted by Crippen LogP contribution is 2.36. The quantitative estimate of drug-likeness (QED) is 0.586. The van der Waals surface area contributed by atoms with Gasteiger partial charge in [-0.2, -0.15) is 0 Å². The van der Waals surface area contributed by atoms with Crippen molar-refractivity contribution in [1.29, 1.82) is 0 Å². The Bertz CT molecular complexity index is 883. The predicted octanol–water partition coefficient (Wildman–Crippen LogP) is 5.04. The first kappa shape index (κ1) is 19.1. The summed E-state index contributed by atoms with van der Waals surface area (Å²) in [6.07, 6.45) is 4.48. The van der Waals surface area contributed by atoms with Crippen LogP contribution in [0.25, 0.3) is 10.9 Å². The van der Waals surface area contributed by atoms with E-state index in [2.05, 4.69) is 41.3 Å². The van der Waals surface area contributed by atoms with Crippen LogP contribution in [-0.4, -0.2) is 21.7 Å². The number of nitrogens with one attached hydrogen (secondary N) is 1. The van der Waals surface area contributed by atoms with Gasteiger partial charge in [0.15, 0.2) is 0 Å². The molecule has 0 amide bonds. The summed E-state index contributed by atoms with van der Waals surface area (Å²) in [5.74, 6) is 0.516. The number of benzene rings is 1. The van der Waals surface area contributed by atoms with Gasteiger partial charge in [0.25, 0.3) is 0 Å². The molecule has 0 saturated carbocycles. The molecular formula is C22H27N3O2. The number of anilines is 1. The number of hydrogen-bond acceptors (Lipinski definition) is 5. The van der Waals surface area contributed by atoms with E-state index in [1.54, 1.807) is 12.4 Å². The topological polar surface area (TPSA) is 67.3 Å². The summed E-state index contributed by atoms with van der Waals surface area (Å²) in [6, 6.07) is 12.3. The van der Waals surface area contributed by atoms with Gasteiger partial charge in [-0.3, -0.25) is 4.98 Å². The molecule has 0 fully saturated rings. The number of rotatable bonds is 8. The van der Waals surface area contributed by atoms with Crippen LogP contribution in [0.2, 0.25) is 0 Å². The Morgan fingerprint density at radius 3 is 2.59 bits per heavy atom. The molecule has 0 radical (unpaired) electrons. The summed E-state index contributed by atoms with van der Waals surface area (Å²) in [7, 11) is 0. The van der Waals surface area contributed by atoms with E-state index in [-0.39, 0.29) is 6.04 Å². The van der Waals surface area contributed by atoms with Crippen LogP contribution in [0.5, 0.6) is 5.88 Å². The molecule has 0 aliphatic heterocycles. The molecule has 0 saturated heterocycles. The van der Waals surface area contributed by atoms with E-state index in [9.17, 15) is 5.11 Å². The van der Waals surface area contributed by atoms with E-state index in [4.69, 9.17) is 4.74 Å². The van der Waals surface area contributed by atoms with Gasteiger partial charge >= 0.3 is 0 Å². The lowest BCUT2D eigenvalue weighted by Crippen LogP contribution is -2.12. The standard InChI is InChI=1S/C22H27N3O2/c1-4-9-19(26)18-14-24-21-17(12-13-23-22(21)27-5-2)20(18)25-15(3)16-10-7-6-8-11-16/h6-8,10-15,19,26H,4-5,9H2,1-3H3,(H,24,25). The molecule has 3 rings (SSSR count). The Balaban J connectivity index is 2.10. The van der Waals surface area contributed by atoms with Crippen molar-refractivity contribution >= 4 is 16.6 Å². The molecule has 0 aliphatic rings. The predicted molar refractivity (Wildman–Crippen MR) is 109 cm³/mol. The van der Waals surface area contributed by atoms with Gasteiger partial charge < -0.3 is 15.2 Å². The lowest BCUT2D eigenvalue weighted by atomic mass is 10.0. The van der Waals surface area contributed by atoms with Gasteiger partial charge in [-0.25, -0.2) is 4.98 Å². The number of aromatic nitrogens is 2. The fraction of sp³-hybridized carbons (Fsp3) is 0.364. The first-order valence-corrected chi connectivity index (χ1v) is 9.55. The second kappa shape index (κ2) is 8.82. The monoisotopic (exact) mass is 365 g/mol. The summed E-state index contributed by atoms with van der Waals surface area (Å²) in [5.41, 5.74) is 3.58. The first-order valence-electron chi connectivity index (χ1n) is 9.55. The average molecular weight is 365 g/mol. The smallest absolute Gasteiger partial charge is 0.240 e. The van der Waals surface area contributed by atoms with Crippen LogP contribution in [-0.2, 0) is 0 Å². The lowest BCUT2D eigenvalue weighted by molar-refractivity contribution is 0.167. The number of nitrogens with zero attached hydrogens (tertiary/aromatic N) is 2. The molecule has 2 atom stereocenters. The molecule has 2 heterocycles. The van der Waals surface area contributed by atoms with Crippen LogP contribution < -0.4 is 10.1 Å². The number of hydrogen-bond donors (Lipinski definition) is 2. The van der Waals surface area contributed by atoms with Gasteiger partial charge in [0, 0.05) is 29.4 Å². The SMILES string of the molecule is CCCC(O)c1cnc2c(OCC)nccc2c1NC(C)c1ccccc1. The number of ether oxygens (including phenoxy) is 1. The fourth-order valence-corrected chi connectivity index (χ4v) is 3.24. The number of aliphatic hydroxyl groups excluding tert-OH is 1. The van der Waals surface area contributed by atoms with Gasteiger partial charge in [0.2, 0.25) is 5.88 Å². The first-order chi connectivity index (χ1) is 13.2. The van der Waals surface area contributed by atoms with Gasteiger partial charge in [-0.15, -0.1) is 0 Å². The molecule has 0 spiro atoms. The molecule has 5 heteroatoms. The Morgan fingerprint density at radius 1 is 1.11 bits per heavy atom. The lowest BCUT2D eigenvalue weighted by Gasteiger charge is -2.22. The van der Waals surface area contributed by atoms with Crippen molar-refractivity contribution < 1.29 is 9.84 Å². The van der Waals surface area contributed by atoms with Crippen molar-refractivity contribution in [3.8, 4) is 5.88 Å². The Hall–Kier alpha value is -2.66. The maximum atomic E-state index is 10.7. The number of fused-ring (bicyclic) bond motifs is 1. The highest BCUT2D eigenvalue weighted by Gasteiger charge is 2.19. The third-order valence-corrected chi connectivity index (χ3v) is 4.64. The molecular weight excluding hydrogens is 338 g/mol. The minimum Gasteiger partial charge on any atom is -0.476 e. The number of aliphatic hydroxyl groups is 1. The summed E-state index contributed by atoms with van der Waals surface area (Å²) < 4.78 is 5.65. The summed E-state index contributed by atoms with van der Waals surface area (Å²) in [5, 5.41) is 15.2. The van der Waals surface area contributed by atoms with Crippen molar-refractivity contribution in [2.24, 2.45) is 0 Å². The van der Waals surface area contributed by atoms with Crippen molar-refractivity contribution in [2.45, 2.75) is 45.8 Å². The second-order valence-corrected chi connectivity index (χ2v) is 6.62. The Labute approximate surface area is 160 Å². The van der Waals surface area contributed by atoms with E-state index >= 15 is 0 Å². The van der Waals surface area contributed by atoms with Crippen LogP contribution in [0.1, 0.15) is 56.9 Å². The molecule has 142 valence electrons. The van der Waals surface area contributed by atoms with Crippen molar-refractivity contribution in [3.63, 3.8) is 0 Å². The molecule has 0 aliphatic carbocycles. The van der Waals surface area contributed by atoms with Crippen molar-refractivity contribution in [1.82, 2.24) is 9.97 Å².